The number of rotatable bonds is 6. The van der Waals surface area contributed by atoms with E-state index in [2.05, 4.69) is 4.72 Å². The second-order valence-electron chi connectivity index (χ2n) is 4.62. The fourth-order valence-electron chi connectivity index (χ4n) is 1.77. The van der Waals surface area contributed by atoms with Crippen molar-refractivity contribution < 1.29 is 16.8 Å². The zero-order valence-electron chi connectivity index (χ0n) is 11.1. The third kappa shape index (κ3) is 5.34. The van der Waals surface area contributed by atoms with Gasteiger partial charge >= 0.3 is 0 Å². The number of hydrogen-bond donors (Lipinski definition) is 2. The van der Waals surface area contributed by atoms with Crippen molar-refractivity contribution in [3.63, 3.8) is 0 Å². The molecule has 0 bridgehead atoms. The molecule has 21 heavy (non-hydrogen) atoms. The van der Waals surface area contributed by atoms with E-state index in [0.717, 1.165) is 10.3 Å². The lowest BCUT2D eigenvalue weighted by Crippen LogP contribution is -2.37. The number of nitrogen functional groups attached to an aromatic ring is 1. The highest BCUT2D eigenvalue weighted by Gasteiger charge is 2.25. The molecule has 1 aliphatic heterocycles. The minimum Gasteiger partial charge on any atom is -0.399 e. The number of benzene rings is 1. The molecule has 0 spiro atoms. The van der Waals surface area contributed by atoms with Crippen molar-refractivity contribution in [3.8, 4) is 0 Å². The number of nitrogens with two attached hydrogens (primary N) is 1. The summed E-state index contributed by atoms with van der Waals surface area (Å²) in [5.74, 6) is 0.0895. The van der Waals surface area contributed by atoms with Gasteiger partial charge in [-0.15, -0.1) is 11.8 Å². The van der Waals surface area contributed by atoms with Crippen molar-refractivity contribution in [2.45, 2.75) is 10.9 Å². The van der Waals surface area contributed by atoms with Gasteiger partial charge in [0.05, 0.1) is 17.5 Å². The van der Waals surface area contributed by atoms with Crippen molar-refractivity contribution in [1.82, 2.24) is 4.72 Å². The number of anilines is 1. The van der Waals surface area contributed by atoms with Crippen LogP contribution in [0.4, 0.5) is 5.69 Å². The minimum absolute atomic E-state index is 0.0770. The van der Waals surface area contributed by atoms with Crippen LogP contribution in [0, 0.1) is 0 Å². The molecule has 0 saturated heterocycles. The Labute approximate surface area is 128 Å². The molecular formula is C12H16N2O4S3. The maximum absolute atomic E-state index is 11.9. The topological polar surface area (TPSA) is 106 Å². The number of hydrogen-bond acceptors (Lipinski definition) is 6. The maximum atomic E-state index is 11.9. The first-order valence-corrected chi connectivity index (χ1v) is 10.5. The molecule has 1 aromatic carbocycles. The van der Waals surface area contributed by atoms with E-state index < -0.39 is 25.9 Å². The second-order valence-corrected chi connectivity index (χ2v) is 9.59. The molecule has 1 aromatic rings. The van der Waals surface area contributed by atoms with Crippen LogP contribution < -0.4 is 10.5 Å². The van der Waals surface area contributed by atoms with Crippen LogP contribution in [0.15, 0.2) is 40.6 Å². The van der Waals surface area contributed by atoms with Gasteiger partial charge in [-0.05, 0) is 24.3 Å². The Kier molecular flexibility index (Phi) is 4.97. The predicted molar refractivity (Wildman–Crippen MR) is 85.2 cm³/mol. The van der Waals surface area contributed by atoms with Crippen LogP contribution >= 0.6 is 11.8 Å². The van der Waals surface area contributed by atoms with E-state index in [1.807, 2.05) is 12.1 Å². The highest BCUT2D eigenvalue weighted by Crippen LogP contribution is 2.19. The SMILES string of the molecule is Nc1ccc(SCCS(=O)(=O)NC2C=CS(=O)(=O)C2)cc1. The molecule has 0 fully saturated rings. The van der Waals surface area contributed by atoms with E-state index in [1.54, 1.807) is 12.1 Å². The molecule has 3 N–H and O–H groups in total. The van der Waals surface area contributed by atoms with Gasteiger partial charge in [-0.3, -0.25) is 0 Å². The van der Waals surface area contributed by atoms with Gasteiger partial charge in [0.25, 0.3) is 0 Å². The van der Waals surface area contributed by atoms with Crippen molar-refractivity contribution >= 4 is 37.3 Å². The maximum Gasteiger partial charge on any atom is 0.212 e. The number of sulfone groups is 1. The monoisotopic (exact) mass is 348 g/mol. The molecule has 1 unspecified atom stereocenters. The van der Waals surface area contributed by atoms with E-state index in [4.69, 9.17) is 5.73 Å². The lowest BCUT2D eigenvalue weighted by Gasteiger charge is -2.10. The fourth-order valence-corrected chi connectivity index (χ4v) is 5.63. The molecule has 2 rings (SSSR count). The van der Waals surface area contributed by atoms with E-state index in [0.29, 0.717) is 11.4 Å². The summed E-state index contributed by atoms with van der Waals surface area (Å²) in [4.78, 5) is 0.933. The van der Waals surface area contributed by atoms with E-state index in [9.17, 15) is 16.8 Å². The molecule has 1 heterocycles. The highest BCUT2D eigenvalue weighted by atomic mass is 32.2. The summed E-state index contributed by atoms with van der Waals surface area (Å²) in [6.07, 6.45) is 1.36. The molecule has 0 amide bonds. The quantitative estimate of drug-likeness (QED) is 0.576. The van der Waals surface area contributed by atoms with E-state index >= 15 is 0 Å². The van der Waals surface area contributed by atoms with E-state index in [-0.39, 0.29) is 11.5 Å². The molecule has 1 atom stereocenters. The summed E-state index contributed by atoms with van der Waals surface area (Å²) in [6, 6.07) is 6.49. The minimum atomic E-state index is -3.50. The Balaban J connectivity index is 1.82. The molecular weight excluding hydrogens is 332 g/mol. The first-order valence-electron chi connectivity index (χ1n) is 6.15. The first-order chi connectivity index (χ1) is 9.76. The van der Waals surface area contributed by atoms with Crippen molar-refractivity contribution in [3.05, 3.63) is 35.7 Å². The standard InChI is InChI=1S/C12H16N2O4S3/c13-10-1-3-12(4-2-10)19-6-8-21(17,18)14-11-5-7-20(15,16)9-11/h1-5,7,11,14H,6,8-9,13H2. The fraction of sp³-hybridized carbons (Fsp3) is 0.333. The largest absolute Gasteiger partial charge is 0.399 e. The summed E-state index contributed by atoms with van der Waals surface area (Å²) >= 11 is 1.40. The van der Waals surface area contributed by atoms with Gasteiger partial charge in [0.15, 0.2) is 9.84 Å². The smallest absolute Gasteiger partial charge is 0.212 e. The van der Waals surface area contributed by atoms with Crippen LogP contribution in [0.25, 0.3) is 0 Å². The van der Waals surface area contributed by atoms with Crippen LogP contribution in [0.3, 0.4) is 0 Å². The summed E-state index contributed by atoms with van der Waals surface area (Å²) < 4.78 is 48.6. The third-order valence-electron chi connectivity index (χ3n) is 2.76. The van der Waals surface area contributed by atoms with Gasteiger partial charge in [-0.1, -0.05) is 6.08 Å². The summed E-state index contributed by atoms with van der Waals surface area (Å²) in [5, 5.41) is 1.04. The highest BCUT2D eigenvalue weighted by molar-refractivity contribution is 8.00. The van der Waals surface area contributed by atoms with Crippen molar-refractivity contribution in [1.29, 1.82) is 0 Å². The molecule has 0 radical (unpaired) electrons. The second kappa shape index (κ2) is 6.39. The summed E-state index contributed by atoms with van der Waals surface area (Å²) in [7, 11) is -6.76. The molecule has 0 aromatic heterocycles. The Morgan fingerprint density at radius 3 is 2.52 bits per heavy atom. The molecule has 0 aliphatic carbocycles. The Morgan fingerprint density at radius 2 is 1.95 bits per heavy atom. The van der Waals surface area contributed by atoms with Gasteiger partial charge in [0.2, 0.25) is 10.0 Å². The molecule has 1 aliphatic rings. The van der Waals surface area contributed by atoms with E-state index in [1.165, 1.54) is 17.8 Å². The third-order valence-corrected chi connectivity index (χ3v) is 6.83. The lowest BCUT2D eigenvalue weighted by molar-refractivity contribution is 0.576. The van der Waals surface area contributed by atoms with Crippen LogP contribution in [-0.2, 0) is 19.9 Å². The van der Waals surface area contributed by atoms with Crippen LogP contribution in [-0.4, -0.2) is 40.1 Å². The van der Waals surface area contributed by atoms with Crippen LogP contribution in [0.5, 0.6) is 0 Å². The van der Waals surface area contributed by atoms with Gasteiger partial charge in [-0.2, -0.15) is 0 Å². The summed E-state index contributed by atoms with van der Waals surface area (Å²) in [5.41, 5.74) is 6.22. The van der Waals surface area contributed by atoms with Gasteiger partial charge < -0.3 is 5.73 Å². The normalized spacial score (nSPS) is 20.7. The van der Waals surface area contributed by atoms with Gasteiger partial charge in [0, 0.05) is 21.7 Å². The Hall–Kier alpha value is -1.03. The van der Waals surface area contributed by atoms with Crippen LogP contribution in [0.2, 0.25) is 0 Å². The summed E-state index contributed by atoms with van der Waals surface area (Å²) in [6.45, 7) is 0. The zero-order valence-corrected chi connectivity index (χ0v) is 13.5. The predicted octanol–water partition coefficient (Wildman–Crippen LogP) is 0.591. The Bertz CT molecular complexity index is 724. The number of sulfonamides is 1. The molecule has 6 nitrogen and oxygen atoms in total. The Morgan fingerprint density at radius 1 is 1.29 bits per heavy atom. The van der Waals surface area contributed by atoms with Crippen LogP contribution in [0.1, 0.15) is 0 Å². The first kappa shape index (κ1) is 16.3. The average Bonchev–Trinajstić information content (AvgIpc) is 2.70. The molecule has 116 valence electrons. The molecule has 9 heteroatoms. The van der Waals surface area contributed by atoms with Gasteiger partial charge in [-0.25, -0.2) is 21.6 Å². The van der Waals surface area contributed by atoms with Crippen molar-refractivity contribution in [2.75, 3.05) is 23.0 Å². The van der Waals surface area contributed by atoms with Crippen molar-refractivity contribution in [2.24, 2.45) is 0 Å². The van der Waals surface area contributed by atoms with Gasteiger partial charge in [0.1, 0.15) is 0 Å². The lowest BCUT2D eigenvalue weighted by atomic mass is 10.3. The average molecular weight is 348 g/mol. The molecule has 0 saturated carbocycles. The number of thioether (sulfide) groups is 1. The number of nitrogens with one attached hydrogen (secondary N) is 1. The zero-order chi connectivity index (χ0) is 15.5.